The van der Waals surface area contributed by atoms with Gasteiger partial charge in [0.25, 0.3) is 5.91 Å². The highest BCUT2D eigenvalue weighted by Gasteiger charge is 2.55. The van der Waals surface area contributed by atoms with E-state index in [4.69, 9.17) is 15.2 Å². The average Bonchev–Trinajstić information content (AvgIpc) is 3.12. The van der Waals surface area contributed by atoms with E-state index in [1.807, 2.05) is 18.5 Å². The highest BCUT2D eigenvalue weighted by molar-refractivity contribution is 5.82. The van der Waals surface area contributed by atoms with E-state index >= 15 is 0 Å². The van der Waals surface area contributed by atoms with Crippen molar-refractivity contribution in [3.05, 3.63) is 35.9 Å². The van der Waals surface area contributed by atoms with E-state index in [0.717, 1.165) is 43.8 Å². The number of fused-ring (bicyclic) bond motifs is 1. The molecule has 3 fully saturated rings. The first-order chi connectivity index (χ1) is 13.9. The highest BCUT2D eigenvalue weighted by atomic mass is 16.5. The lowest BCUT2D eigenvalue weighted by Gasteiger charge is -2.40. The van der Waals surface area contributed by atoms with Crippen LogP contribution in [0.15, 0.2) is 35.9 Å². The number of allylic oxidation sites excluding steroid dienone is 1. The summed E-state index contributed by atoms with van der Waals surface area (Å²) in [5.74, 6) is 1.18. The van der Waals surface area contributed by atoms with Gasteiger partial charge in [-0.1, -0.05) is 6.92 Å². The minimum absolute atomic E-state index is 0.0472. The van der Waals surface area contributed by atoms with Crippen LogP contribution in [0.4, 0.5) is 0 Å². The number of ether oxygens (including phenoxy) is 2. The van der Waals surface area contributed by atoms with Gasteiger partial charge in [-0.25, -0.2) is 0 Å². The van der Waals surface area contributed by atoms with E-state index < -0.39 is 12.0 Å². The summed E-state index contributed by atoms with van der Waals surface area (Å²) in [5.41, 5.74) is 6.70. The lowest BCUT2D eigenvalue weighted by molar-refractivity contribution is -0.149. The number of hydrogen-bond donors (Lipinski definition) is 1. The lowest BCUT2D eigenvalue weighted by Crippen LogP contribution is -2.47. The van der Waals surface area contributed by atoms with Gasteiger partial charge in [0.05, 0.1) is 13.2 Å². The van der Waals surface area contributed by atoms with Crippen LogP contribution >= 0.6 is 0 Å². The third kappa shape index (κ3) is 3.45. The fraction of sp³-hybridized carbons (Fsp3) is 0.636. The third-order valence-electron chi connectivity index (χ3n) is 7.26. The molecule has 2 N–H and O–H groups in total. The second-order valence-electron chi connectivity index (χ2n) is 9.69. The minimum atomic E-state index is -0.663. The van der Waals surface area contributed by atoms with Gasteiger partial charge in [-0.05, 0) is 42.7 Å². The number of primary amides is 1. The zero-order valence-electron chi connectivity index (χ0n) is 16.9. The molecule has 5 aliphatic rings. The number of likely N-dealkylation sites (tertiary alicyclic amines) is 1. The van der Waals surface area contributed by atoms with Crippen molar-refractivity contribution in [3.63, 3.8) is 0 Å². The van der Waals surface area contributed by atoms with Crippen molar-refractivity contribution >= 4 is 11.8 Å². The maximum Gasteiger partial charge on any atom is 0.262 e. The zero-order chi connectivity index (χ0) is 20.2. The molecule has 1 spiro atoms. The number of carbonyl (C=O) groups is 2. The third-order valence-corrected chi connectivity index (χ3v) is 7.26. The number of hydrogen-bond acceptors (Lipinski definition) is 5. The van der Waals surface area contributed by atoms with Gasteiger partial charge in [-0.3, -0.25) is 9.59 Å². The van der Waals surface area contributed by atoms with Crippen molar-refractivity contribution in [3.8, 4) is 0 Å². The molecule has 0 aromatic carbocycles. The summed E-state index contributed by atoms with van der Waals surface area (Å²) in [7, 11) is 0. The Labute approximate surface area is 171 Å². The number of rotatable bonds is 5. The van der Waals surface area contributed by atoms with E-state index in [1.165, 1.54) is 6.42 Å². The molecule has 1 aliphatic carbocycles. The van der Waals surface area contributed by atoms with Crippen LogP contribution in [-0.2, 0) is 19.1 Å². The molecule has 2 amide bonds. The van der Waals surface area contributed by atoms with Gasteiger partial charge in [0.2, 0.25) is 5.91 Å². The topological polar surface area (TPSA) is 85.1 Å². The Morgan fingerprint density at radius 1 is 1.28 bits per heavy atom. The first kappa shape index (κ1) is 18.7. The van der Waals surface area contributed by atoms with Gasteiger partial charge >= 0.3 is 0 Å². The fourth-order valence-electron chi connectivity index (χ4n) is 5.14. The average molecular weight is 399 g/mol. The van der Waals surface area contributed by atoms with Crippen LogP contribution in [0, 0.1) is 16.7 Å². The predicted octanol–water partition coefficient (Wildman–Crippen LogP) is 1.52. The Bertz CT molecular complexity index is 818. The summed E-state index contributed by atoms with van der Waals surface area (Å²) < 4.78 is 10.9. The van der Waals surface area contributed by atoms with E-state index in [9.17, 15) is 9.59 Å². The Hall–Kier alpha value is -2.28. The molecule has 7 nitrogen and oxygen atoms in total. The van der Waals surface area contributed by atoms with E-state index in [0.29, 0.717) is 31.0 Å². The zero-order valence-corrected chi connectivity index (χ0v) is 16.9. The van der Waals surface area contributed by atoms with Crippen molar-refractivity contribution in [1.29, 1.82) is 0 Å². The second-order valence-corrected chi connectivity index (χ2v) is 9.69. The smallest absolute Gasteiger partial charge is 0.262 e. The monoisotopic (exact) mass is 399 g/mol. The normalized spacial score (nSPS) is 30.8. The maximum atomic E-state index is 12.6. The van der Waals surface area contributed by atoms with Crippen LogP contribution in [0.2, 0.25) is 0 Å². The second kappa shape index (κ2) is 6.62. The molecule has 0 bridgehead atoms. The predicted molar refractivity (Wildman–Crippen MR) is 106 cm³/mol. The number of piperidine rings is 1. The van der Waals surface area contributed by atoms with Crippen molar-refractivity contribution < 1.29 is 19.1 Å². The Balaban J connectivity index is 1.12. The van der Waals surface area contributed by atoms with Crippen LogP contribution in [0.5, 0.6) is 0 Å². The molecule has 0 aromatic rings. The van der Waals surface area contributed by atoms with Crippen LogP contribution in [-0.4, -0.2) is 60.6 Å². The summed E-state index contributed by atoms with van der Waals surface area (Å²) in [6.07, 6.45) is 11.1. The first-order valence-electron chi connectivity index (χ1n) is 10.6. The molecular weight excluding hydrogens is 370 g/mol. The van der Waals surface area contributed by atoms with Gasteiger partial charge in [-0.15, -0.1) is 0 Å². The van der Waals surface area contributed by atoms with E-state index in [1.54, 1.807) is 6.08 Å². The van der Waals surface area contributed by atoms with Crippen LogP contribution in [0.25, 0.3) is 0 Å². The molecule has 0 radical (unpaired) electrons. The number of amides is 2. The molecule has 2 unspecified atom stereocenters. The van der Waals surface area contributed by atoms with Gasteiger partial charge < -0.3 is 25.0 Å². The van der Waals surface area contributed by atoms with Crippen molar-refractivity contribution in [2.75, 3.05) is 32.8 Å². The fourth-order valence-corrected chi connectivity index (χ4v) is 5.14. The highest BCUT2D eigenvalue weighted by Crippen LogP contribution is 2.59. The Morgan fingerprint density at radius 2 is 2.03 bits per heavy atom. The van der Waals surface area contributed by atoms with Crippen molar-refractivity contribution in [2.24, 2.45) is 22.5 Å². The summed E-state index contributed by atoms with van der Waals surface area (Å²) in [6.45, 7) is 6.24. The van der Waals surface area contributed by atoms with Gasteiger partial charge in [0, 0.05) is 49.4 Å². The standard InChI is InChI=1S/C22H29N3O4/c1-21(13-28-14-21)10-19(26)25-6-3-22(4-7-25)9-16(22)11-24-5-2-15-8-17(20(23)27)29-18(15)12-24/h2,5,8,12,16-17H,3-4,6-7,9-11,13-14H2,1H3,(H2,23,27). The lowest BCUT2D eigenvalue weighted by atomic mass is 9.83. The number of nitrogens with two attached hydrogens (primary N) is 1. The molecule has 2 atom stereocenters. The SMILES string of the molecule is CC1(CC(=O)N2CCC3(CC2)CC3CN2C=CC3=CC(C(N)=O)OC3=C2)COC1. The van der Waals surface area contributed by atoms with Crippen LogP contribution in [0.3, 0.4) is 0 Å². The van der Waals surface area contributed by atoms with Gasteiger partial charge in [0.1, 0.15) is 5.76 Å². The summed E-state index contributed by atoms with van der Waals surface area (Å²) >= 11 is 0. The largest absolute Gasteiger partial charge is 0.474 e. The Kier molecular flexibility index (Phi) is 4.28. The molecule has 1 saturated carbocycles. The van der Waals surface area contributed by atoms with E-state index in [2.05, 4.69) is 16.7 Å². The first-order valence-corrected chi connectivity index (χ1v) is 10.6. The summed E-state index contributed by atoms with van der Waals surface area (Å²) in [5, 5.41) is 0. The van der Waals surface area contributed by atoms with Gasteiger partial charge in [-0.2, -0.15) is 0 Å². The summed E-state index contributed by atoms with van der Waals surface area (Å²) in [6, 6.07) is 0. The molecular formula is C22H29N3O4. The molecule has 29 heavy (non-hydrogen) atoms. The molecule has 0 aromatic heterocycles. The quantitative estimate of drug-likeness (QED) is 0.758. The molecule has 5 rings (SSSR count). The van der Waals surface area contributed by atoms with E-state index in [-0.39, 0.29) is 11.3 Å². The van der Waals surface area contributed by atoms with Gasteiger partial charge in [0.15, 0.2) is 6.10 Å². The van der Waals surface area contributed by atoms with Crippen LogP contribution < -0.4 is 5.73 Å². The molecule has 156 valence electrons. The maximum absolute atomic E-state index is 12.6. The van der Waals surface area contributed by atoms with Crippen molar-refractivity contribution in [1.82, 2.24) is 9.80 Å². The van der Waals surface area contributed by atoms with Crippen LogP contribution in [0.1, 0.15) is 32.6 Å². The number of nitrogens with zero attached hydrogens (tertiary/aromatic N) is 2. The molecule has 4 aliphatic heterocycles. The molecule has 4 heterocycles. The van der Waals surface area contributed by atoms with Crippen molar-refractivity contribution in [2.45, 2.75) is 38.7 Å². The molecule has 2 saturated heterocycles. The summed E-state index contributed by atoms with van der Waals surface area (Å²) in [4.78, 5) is 28.2. The molecule has 7 heteroatoms. The number of carbonyl (C=O) groups excluding carboxylic acids is 2. The Morgan fingerprint density at radius 3 is 2.69 bits per heavy atom. The minimum Gasteiger partial charge on any atom is -0.474 e.